The van der Waals surface area contributed by atoms with E-state index in [1.54, 1.807) is 6.07 Å². The first-order valence-electron chi connectivity index (χ1n) is 7.11. The van der Waals surface area contributed by atoms with Crippen LogP contribution in [-0.2, 0) is 9.84 Å². The highest BCUT2D eigenvalue weighted by Gasteiger charge is 2.28. The third kappa shape index (κ3) is 3.07. The number of ether oxygens (including phenoxy) is 2. The van der Waals surface area contributed by atoms with Crippen LogP contribution in [0, 0.1) is 0 Å². The van der Waals surface area contributed by atoms with E-state index < -0.39 is 9.84 Å². The molecule has 0 aliphatic carbocycles. The Morgan fingerprint density at radius 1 is 1.04 bits per heavy atom. The van der Waals surface area contributed by atoms with Crippen LogP contribution < -0.4 is 20.9 Å². The maximum Gasteiger partial charge on any atom is 0.221 e. The summed E-state index contributed by atoms with van der Waals surface area (Å²) in [5.74, 6) is 0.373. The summed E-state index contributed by atoms with van der Waals surface area (Å²) >= 11 is 0. The first-order valence-corrected chi connectivity index (χ1v) is 8.59. The second-order valence-corrected chi connectivity index (χ2v) is 7.27. The summed E-state index contributed by atoms with van der Waals surface area (Å²) < 4.78 is 36.6. The first-order chi connectivity index (χ1) is 11.2. The highest BCUT2D eigenvalue weighted by atomic mass is 32.2. The van der Waals surface area contributed by atoms with Crippen molar-refractivity contribution in [2.75, 3.05) is 25.7 Å². The molecule has 2 aromatic rings. The summed E-state index contributed by atoms with van der Waals surface area (Å²) in [5, 5.41) is 0. The summed E-state index contributed by atoms with van der Waals surface area (Å²) in [6, 6.07) is 3.06. The second kappa shape index (κ2) is 6.52. The average molecular weight is 352 g/mol. The molecule has 0 spiro atoms. The topological polar surface area (TPSA) is 130 Å². The molecule has 2 rings (SSSR count). The Hall–Kier alpha value is -2.55. The zero-order valence-electron chi connectivity index (χ0n) is 13.9. The Bertz CT molecular complexity index is 866. The van der Waals surface area contributed by atoms with E-state index >= 15 is 0 Å². The molecule has 0 saturated heterocycles. The van der Waals surface area contributed by atoms with Crippen LogP contribution in [0.3, 0.4) is 0 Å². The summed E-state index contributed by atoms with van der Waals surface area (Å²) in [5.41, 5.74) is 11.7. The fourth-order valence-corrected chi connectivity index (χ4v) is 3.90. The van der Waals surface area contributed by atoms with Crippen LogP contribution >= 0.6 is 0 Å². The van der Waals surface area contributed by atoms with Gasteiger partial charge in [-0.15, -0.1) is 0 Å². The summed E-state index contributed by atoms with van der Waals surface area (Å²) in [4.78, 5) is 7.32. The molecular weight excluding hydrogens is 332 g/mol. The van der Waals surface area contributed by atoms with Gasteiger partial charge >= 0.3 is 0 Å². The fraction of sp³-hybridized carbons (Fsp3) is 0.333. The minimum atomic E-state index is -3.96. The molecule has 1 aromatic carbocycles. The number of sulfone groups is 1. The van der Waals surface area contributed by atoms with Crippen molar-refractivity contribution in [2.45, 2.75) is 29.6 Å². The van der Waals surface area contributed by atoms with Gasteiger partial charge in [-0.1, -0.05) is 13.8 Å². The van der Waals surface area contributed by atoms with Crippen molar-refractivity contribution < 1.29 is 17.9 Å². The van der Waals surface area contributed by atoms with Crippen molar-refractivity contribution in [3.8, 4) is 11.5 Å². The lowest BCUT2D eigenvalue weighted by Crippen LogP contribution is -2.12. The number of hydrogen-bond donors (Lipinski definition) is 2. The molecule has 0 aliphatic rings. The van der Waals surface area contributed by atoms with Gasteiger partial charge in [0.2, 0.25) is 15.8 Å². The van der Waals surface area contributed by atoms with Crippen molar-refractivity contribution in [1.82, 2.24) is 9.97 Å². The normalized spacial score (nSPS) is 11.5. The van der Waals surface area contributed by atoms with Crippen molar-refractivity contribution in [3.05, 3.63) is 23.9 Å². The smallest absolute Gasteiger partial charge is 0.221 e. The number of methoxy groups -OCH3 is 2. The fourth-order valence-electron chi connectivity index (χ4n) is 2.28. The van der Waals surface area contributed by atoms with Gasteiger partial charge in [0.1, 0.15) is 10.7 Å². The Kier molecular flexibility index (Phi) is 4.83. The van der Waals surface area contributed by atoms with Gasteiger partial charge in [0.25, 0.3) is 0 Å². The zero-order chi connectivity index (χ0) is 18.1. The first kappa shape index (κ1) is 17.8. The number of anilines is 2. The van der Waals surface area contributed by atoms with Crippen LogP contribution in [-0.4, -0.2) is 32.6 Å². The third-order valence-corrected chi connectivity index (χ3v) is 5.34. The second-order valence-electron chi connectivity index (χ2n) is 5.38. The van der Waals surface area contributed by atoms with Crippen molar-refractivity contribution in [2.24, 2.45) is 0 Å². The molecule has 0 bridgehead atoms. The van der Waals surface area contributed by atoms with Gasteiger partial charge in [-0.25, -0.2) is 13.4 Å². The number of rotatable bonds is 5. The Morgan fingerprint density at radius 2 is 1.62 bits per heavy atom. The molecule has 130 valence electrons. The van der Waals surface area contributed by atoms with E-state index in [4.69, 9.17) is 20.9 Å². The van der Waals surface area contributed by atoms with Gasteiger partial charge in [0.15, 0.2) is 11.5 Å². The lowest BCUT2D eigenvalue weighted by atomic mass is 10.0. The highest BCUT2D eigenvalue weighted by Crippen LogP contribution is 2.38. The van der Waals surface area contributed by atoms with Crippen LogP contribution in [0.4, 0.5) is 11.8 Å². The maximum atomic E-state index is 13.1. The minimum absolute atomic E-state index is 0.0650. The van der Waals surface area contributed by atoms with E-state index in [2.05, 4.69) is 9.97 Å². The SMILES string of the molecule is COc1cc(C(C)C)c(S(=O)(=O)c2cnc(N)nc2N)cc1OC. The predicted molar refractivity (Wildman–Crippen MR) is 89.9 cm³/mol. The number of benzene rings is 1. The van der Waals surface area contributed by atoms with Gasteiger partial charge in [-0.05, 0) is 17.5 Å². The van der Waals surface area contributed by atoms with Crippen molar-refractivity contribution >= 4 is 21.6 Å². The molecule has 4 N–H and O–H groups in total. The molecule has 0 radical (unpaired) electrons. The van der Waals surface area contributed by atoms with E-state index in [1.807, 2.05) is 13.8 Å². The molecule has 0 aliphatic heterocycles. The minimum Gasteiger partial charge on any atom is -0.493 e. The van der Waals surface area contributed by atoms with E-state index in [0.717, 1.165) is 6.20 Å². The Morgan fingerprint density at radius 3 is 2.12 bits per heavy atom. The zero-order valence-corrected chi connectivity index (χ0v) is 14.7. The quantitative estimate of drug-likeness (QED) is 0.830. The van der Waals surface area contributed by atoms with Crippen LogP contribution in [0.2, 0.25) is 0 Å². The molecule has 1 aromatic heterocycles. The molecule has 8 nitrogen and oxygen atoms in total. The van der Waals surface area contributed by atoms with Crippen LogP contribution in [0.15, 0.2) is 28.1 Å². The van der Waals surface area contributed by atoms with Gasteiger partial charge in [0, 0.05) is 6.07 Å². The number of aromatic nitrogens is 2. The maximum absolute atomic E-state index is 13.1. The monoisotopic (exact) mass is 352 g/mol. The van der Waals surface area contributed by atoms with Gasteiger partial charge in [-0.2, -0.15) is 4.98 Å². The summed E-state index contributed by atoms with van der Waals surface area (Å²) in [6.45, 7) is 3.76. The molecule has 9 heteroatoms. The van der Waals surface area contributed by atoms with Crippen LogP contribution in [0.1, 0.15) is 25.3 Å². The summed E-state index contributed by atoms with van der Waals surface area (Å²) in [6.07, 6.45) is 1.10. The number of hydrogen-bond acceptors (Lipinski definition) is 8. The van der Waals surface area contributed by atoms with Crippen molar-refractivity contribution in [1.29, 1.82) is 0 Å². The molecular formula is C15H20N4O4S. The molecule has 0 fully saturated rings. The Balaban J connectivity index is 2.77. The molecule has 1 heterocycles. The van der Waals surface area contributed by atoms with E-state index in [0.29, 0.717) is 17.1 Å². The molecule has 0 unspecified atom stereocenters. The highest BCUT2D eigenvalue weighted by molar-refractivity contribution is 7.91. The lowest BCUT2D eigenvalue weighted by molar-refractivity contribution is 0.353. The van der Waals surface area contributed by atoms with E-state index in [-0.39, 0.29) is 27.5 Å². The predicted octanol–water partition coefficient (Wildman–Crippen LogP) is 1.61. The summed E-state index contributed by atoms with van der Waals surface area (Å²) in [7, 11) is -1.04. The van der Waals surface area contributed by atoms with Gasteiger partial charge in [0.05, 0.1) is 25.3 Å². The largest absolute Gasteiger partial charge is 0.493 e. The molecule has 0 atom stereocenters. The molecule has 0 amide bonds. The van der Waals surface area contributed by atoms with Crippen molar-refractivity contribution in [3.63, 3.8) is 0 Å². The van der Waals surface area contributed by atoms with E-state index in [9.17, 15) is 8.42 Å². The third-order valence-electron chi connectivity index (χ3n) is 3.52. The Labute approximate surface area is 140 Å². The number of nitrogens with zero attached hydrogens (tertiary/aromatic N) is 2. The van der Waals surface area contributed by atoms with Crippen LogP contribution in [0.5, 0.6) is 11.5 Å². The van der Waals surface area contributed by atoms with Crippen LogP contribution in [0.25, 0.3) is 0 Å². The van der Waals surface area contributed by atoms with Gasteiger partial charge < -0.3 is 20.9 Å². The molecule has 24 heavy (non-hydrogen) atoms. The number of nitrogens with two attached hydrogens (primary N) is 2. The number of nitrogen functional groups attached to an aromatic ring is 2. The van der Waals surface area contributed by atoms with Gasteiger partial charge in [-0.3, -0.25) is 0 Å². The average Bonchev–Trinajstić information content (AvgIpc) is 2.52. The standard InChI is InChI=1S/C15H20N4O4S/c1-8(2)9-5-10(22-3)11(23-4)6-12(9)24(20,21)13-7-18-15(17)19-14(13)16/h5-8H,1-4H3,(H4,16,17,18,19). The lowest BCUT2D eigenvalue weighted by Gasteiger charge is -2.17. The van der Waals surface area contributed by atoms with E-state index in [1.165, 1.54) is 20.3 Å². The molecule has 0 saturated carbocycles.